The summed E-state index contributed by atoms with van der Waals surface area (Å²) in [6.45, 7) is 4.71. The summed E-state index contributed by atoms with van der Waals surface area (Å²) in [5, 5.41) is 0. The number of anilines is 1. The van der Waals surface area contributed by atoms with Gasteiger partial charge in [0.2, 0.25) is 10.0 Å². The second-order valence-electron chi connectivity index (χ2n) is 4.99. The van der Waals surface area contributed by atoms with E-state index in [1.54, 1.807) is 12.1 Å². The minimum Gasteiger partial charge on any atom is -0.491 e. The van der Waals surface area contributed by atoms with Crippen molar-refractivity contribution in [2.24, 2.45) is 5.92 Å². The molecular weight excluding hydrogens is 264 g/mol. The number of hydrogen-bond donors (Lipinski definition) is 1. The zero-order valence-corrected chi connectivity index (χ0v) is 12.7. The number of nitrogens with zero attached hydrogens (tertiary/aromatic N) is 1. The van der Waals surface area contributed by atoms with Crippen molar-refractivity contribution in [3.8, 4) is 5.75 Å². The Morgan fingerprint density at radius 3 is 2.47 bits per heavy atom. The summed E-state index contributed by atoms with van der Waals surface area (Å²) >= 11 is 0. The topological polar surface area (TPSA) is 72.6 Å². The fraction of sp³-hybridized carbons (Fsp3) is 0.538. The number of para-hydroxylation sites is 1. The van der Waals surface area contributed by atoms with Crippen LogP contribution in [0.15, 0.2) is 23.1 Å². The van der Waals surface area contributed by atoms with Crippen molar-refractivity contribution in [3.05, 3.63) is 18.2 Å². The van der Waals surface area contributed by atoms with Crippen LogP contribution in [0.2, 0.25) is 0 Å². The lowest BCUT2D eigenvalue weighted by Crippen LogP contribution is -2.23. The molecule has 0 aliphatic rings. The van der Waals surface area contributed by atoms with Gasteiger partial charge >= 0.3 is 0 Å². The predicted octanol–water partition coefficient (Wildman–Crippen LogP) is 1.94. The molecule has 2 N–H and O–H groups in total. The van der Waals surface area contributed by atoms with E-state index in [2.05, 4.69) is 13.8 Å². The maximum Gasteiger partial charge on any atom is 0.244 e. The van der Waals surface area contributed by atoms with Gasteiger partial charge in [0, 0.05) is 14.1 Å². The molecule has 0 atom stereocenters. The van der Waals surface area contributed by atoms with Gasteiger partial charge < -0.3 is 10.5 Å². The number of hydrogen-bond acceptors (Lipinski definition) is 4. The van der Waals surface area contributed by atoms with Crippen LogP contribution in [0.3, 0.4) is 0 Å². The molecule has 0 radical (unpaired) electrons. The van der Waals surface area contributed by atoms with Gasteiger partial charge in [-0.05, 0) is 24.5 Å². The van der Waals surface area contributed by atoms with Gasteiger partial charge in [-0.3, -0.25) is 0 Å². The van der Waals surface area contributed by atoms with Gasteiger partial charge in [0.15, 0.2) is 0 Å². The van der Waals surface area contributed by atoms with E-state index in [0.29, 0.717) is 18.3 Å². The first kappa shape index (κ1) is 15.8. The average molecular weight is 286 g/mol. The summed E-state index contributed by atoms with van der Waals surface area (Å²) < 4.78 is 30.8. The van der Waals surface area contributed by atoms with Crippen molar-refractivity contribution in [2.75, 3.05) is 26.4 Å². The van der Waals surface area contributed by atoms with Gasteiger partial charge in [-0.2, -0.15) is 0 Å². The zero-order valence-electron chi connectivity index (χ0n) is 11.9. The third kappa shape index (κ3) is 3.84. The van der Waals surface area contributed by atoms with Gasteiger partial charge in [-0.25, -0.2) is 12.7 Å². The molecule has 0 unspecified atom stereocenters. The van der Waals surface area contributed by atoms with E-state index in [9.17, 15) is 8.42 Å². The highest BCUT2D eigenvalue weighted by Crippen LogP contribution is 2.30. The molecule has 5 nitrogen and oxygen atoms in total. The number of rotatable bonds is 6. The summed E-state index contributed by atoms with van der Waals surface area (Å²) in [6.07, 6.45) is 0.893. The third-order valence-electron chi connectivity index (χ3n) is 2.74. The van der Waals surface area contributed by atoms with Gasteiger partial charge in [-0.15, -0.1) is 0 Å². The Bertz CT molecular complexity index is 525. The Kier molecular flexibility index (Phi) is 5.20. The summed E-state index contributed by atoms with van der Waals surface area (Å²) in [5.41, 5.74) is 6.06. The summed E-state index contributed by atoms with van der Waals surface area (Å²) in [4.78, 5) is 0.0829. The van der Waals surface area contributed by atoms with Crippen molar-refractivity contribution >= 4 is 15.7 Å². The molecule has 1 aromatic rings. The van der Waals surface area contributed by atoms with Crippen molar-refractivity contribution in [1.29, 1.82) is 0 Å². The first-order valence-corrected chi connectivity index (χ1v) is 7.64. The maximum absolute atomic E-state index is 12.1. The van der Waals surface area contributed by atoms with Crippen LogP contribution in [0.5, 0.6) is 5.75 Å². The SMILES string of the molecule is CC(C)CCOc1cccc(S(=O)(=O)N(C)C)c1N. The standard InChI is InChI=1S/C13H22N2O3S/c1-10(2)8-9-18-11-6-5-7-12(13(11)14)19(16,17)15(3)4/h5-7,10H,8-9,14H2,1-4H3. The summed E-state index contributed by atoms with van der Waals surface area (Å²) in [7, 11) is -0.597. The minimum atomic E-state index is -3.54. The number of nitrogens with two attached hydrogens (primary N) is 1. The lowest BCUT2D eigenvalue weighted by Gasteiger charge is -2.16. The predicted molar refractivity (Wildman–Crippen MR) is 76.7 cm³/mol. The van der Waals surface area contributed by atoms with E-state index in [4.69, 9.17) is 10.5 Å². The molecule has 0 heterocycles. The number of benzene rings is 1. The van der Waals surface area contributed by atoms with Crippen LogP contribution in [-0.2, 0) is 10.0 Å². The van der Waals surface area contributed by atoms with Crippen LogP contribution in [0.4, 0.5) is 5.69 Å². The molecule has 0 amide bonds. The quantitative estimate of drug-likeness (QED) is 0.811. The number of sulfonamides is 1. The largest absolute Gasteiger partial charge is 0.491 e. The number of nitrogen functional groups attached to an aromatic ring is 1. The molecule has 1 rings (SSSR count). The molecule has 0 aromatic heterocycles. The zero-order chi connectivity index (χ0) is 14.6. The van der Waals surface area contributed by atoms with Crippen molar-refractivity contribution in [2.45, 2.75) is 25.2 Å². The Balaban J connectivity index is 2.99. The fourth-order valence-electron chi connectivity index (χ4n) is 1.48. The van der Waals surface area contributed by atoms with Crippen LogP contribution in [0, 0.1) is 5.92 Å². The molecular formula is C13H22N2O3S. The van der Waals surface area contributed by atoms with Crippen LogP contribution in [-0.4, -0.2) is 33.4 Å². The highest BCUT2D eigenvalue weighted by Gasteiger charge is 2.22. The van der Waals surface area contributed by atoms with Gasteiger partial charge in [0.25, 0.3) is 0 Å². The molecule has 0 fully saturated rings. The van der Waals surface area contributed by atoms with E-state index in [1.807, 2.05) is 0 Å². The number of ether oxygens (including phenoxy) is 1. The molecule has 0 saturated carbocycles. The Hall–Kier alpha value is -1.27. The Morgan fingerprint density at radius 2 is 1.95 bits per heavy atom. The Morgan fingerprint density at radius 1 is 1.32 bits per heavy atom. The van der Waals surface area contributed by atoms with Crippen LogP contribution in [0.1, 0.15) is 20.3 Å². The van der Waals surface area contributed by atoms with Crippen LogP contribution >= 0.6 is 0 Å². The second-order valence-corrected chi connectivity index (χ2v) is 7.11. The van der Waals surface area contributed by atoms with Gasteiger partial charge in [0.1, 0.15) is 10.6 Å². The highest BCUT2D eigenvalue weighted by molar-refractivity contribution is 7.89. The van der Waals surface area contributed by atoms with Crippen molar-refractivity contribution in [1.82, 2.24) is 4.31 Å². The average Bonchev–Trinajstić information content (AvgIpc) is 2.30. The van der Waals surface area contributed by atoms with Crippen LogP contribution < -0.4 is 10.5 Å². The normalized spacial score (nSPS) is 12.1. The Labute approximate surface area is 115 Å². The fourth-order valence-corrected chi connectivity index (χ4v) is 2.50. The van der Waals surface area contributed by atoms with E-state index in [1.165, 1.54) is 20.2 Å². The smallest absolute Gasteiger partial charge is 0.244 e. The van der Waals surface area contributed by atoms with Crippen molar-refractivity contribution < 1.29 is 13.2 Å². The van der Waals surface area contributed by atoms with Crippen molar-refractivity contribution in [3.63, 3.8) is 0 Å². The molecule has 0 bridgehead atoms. The molecule has 0 spiro atoms. The highest BCUT2D eigenvalue weighted by atomic mass is 32.2. The molecule has 0 aliphatic carbocycles. The third-order valence-corrected chi connectivity index (χ3v) is 4.61. The second kappa shape index (κ2) is 6.25. The molecule has 0 saturated heterocycles. The lowest BCUT2D eigenvalue weighted by atomic mass is 10.1. The van der Waals surface area contributed by atoms with E-state index < -0.39 is 10.0 Å². The first-order valence-electron chi connectivity index (χ1n) is 6.20. The summed E-state index contributed by atoms with van der Waals surface area (Å²) in [6, 6.07) is 4.81. The molecule has 6 heteroatoms. The molecule has 108 valence electrons. The molecule has 19 heavy (non-hydrogen) atoms. The maximum atomic E-state index is 12.1. The summed E-state index contributed by atoms with van der Waals surface area (Å²) in [5.74, 6) is 0.943. The lowest BCUT2D eigenvalue weighted by molar-refractivity contribution is 0.290. The van der Waals surface area contributed by atoms with E-state index >= 15 is 0 Å². The monoisotopic (exact) mass is 286 g/mol. The minimum absolute atomic E-state index is 0.0829. The molecule has 1 aromatic carbocycles. The van der Waals surface area contributed by atoms with Gasteiger partial charge in [-0.1, -0.05) is 19.9 Å². The van der Waals surface area contributed by atoms with E-state index in [0.717, 1.165) is 10.7 Å². The van der Waals surface area contributed by atoms with Gasteiger partial charge in [0.05, 0.1) is 12.3 Å². The molecule has 0 aliphatic heterocycles. The van der Waals surface area contributed by atoms with Crippen LogP contribution in [0.25, 0.3) is 0 Å². The first-order chi connectivity index (χ1) is 8.76. The van der Waals surface area contributed by atoms with E-state index in [-0.39, 0.29) is 10.6 Å².